The first-order valence-corrected chi connectivity index (χ1v) is 5.44. The van der Waals surface area contributed by atoms with Crippen molar-refractivity contribution in [2.24, 2.45) is 0 Å². The van der Waals surface area contributed by atoms with Crippen molar-refractivity contribution in [1.82, 2.24) is 5.32 Å². The molecule has 0 saturated carbocycles. The van der Waals surface area contributed by atoms with Gasteiger partial charge in [-0.1, -0.05) is 23.7 Å². The minimum atomic E-state index is 0.692. The van der Waals surface area contributed by atoms with Crippen molar-refractivity contribution >= 4 is 11.6 Å². The van der Waals surface area contributed by atoms with Crippen LogP contribution < -0.4 is 5.32 Å². The van der Waals surface area contributed by atoms with Crippen LogP contribution in [0.5, 0.6) is 0 Å². The van der Waals surface area contributed by atoms with Crippen LogP contribution in [-0.2, 0) is 6.42 Å². The van der Waals surface area contributed by atoms with Gasteiger partial charge in [-0.3, -0.25) is 0 Å². The van der Waals surface area contributed by atoms with Gasteiger partial charge in [0, 0.05) is 17.2 Å². The Hall–Kier alpha value is -1.72. The number of nitriles is 1. The van der Waals surface area contributed by atoms with Gasteiger partial charge in [0.15, 0.2) is 0 Å². The molecule has 0 unspecified atom stereocenters. The van der Waals surface area contributed by atoms with Crippen LogP contribution in [0.15, 0.2) is 47.1 Å². The SMILES string of the molecule is N#Cc1ccc(CC2=CC=C(Cl)CN2)cc1. The molecule has 1 N–H and O–H groups in total. The van der Waals surface area contributed by atoms with Gasteiger partial charge >= 0.3 is 0 Å². The Labute approximate surface area is 99.8 Å². The Morgan fingerprint density at radius 3 is 2.56 bits per heavy atom. The zero-order valence-electron chi connectivity index (χ0n) is 8.70. The Morgan fingerprint density at radius 2 is 2.00 bits per heavy atom. The maximum Gasteiger partial charge on any atom is 0.0991 e. The third-order valence-electron chi connectivity index (χ3n) is 2.43. The highest BCUT2D eigenvalue weighted by Crippen LogP contribution is 2.13. The Bertz CT molecular complexity index is 478. The van der Waals surface area contributed by atoms with Crippen molar-refractivity contribution in [3.05, 3.63) is 58.3 Å². The molecule has 1 aromatic rings. The van der Waals surface area contributed by atoms with Gasteiger partial charge < -0.3 is 5.32 Å². The van der Waals surface area contributed by atoms with Crippen molar-refractivity contribution in [2.45, 2.75) is 6.42 Å². The quantitative estimate of drug-likeness (QED) is 0.848. The van der Waals surface area contributed by atoms with E-state index in [0.29, 0.717) is 12.1 Å². The van der Waals surface area contributed by atoms with Crippen LogP contribution in [0.25, 0.3) is 0 Å². The van der Waals surface area contributed by atoms with E-state index in [0.717, 1.165) is 17.2 Å². The number of hydrogen-bond acceptors (Lipinski definition) is 2. The summed E-state index contributed by atoms with van der Waals surface area (Å²) >= 11 is 5.84. The number of nitrogens with one attached hydrogen (secondary N) is 1. The zero-order valence-corrected chi connectivity index (χ0v) is 9.46. The summed E-state index contributed by atoms with van der Waals surface area (Å²) in [5, 5.41) is 12.7. The second kappa shape index (κ2) is 4.87. The molecule has 2 rings (SSSR count). The summed E-state index contributed by atoms with van der Waals surface area (Å²) in [5.41, 5.74) is 3.02. The number of allylic oxidation sites excluding steroid dienone is 3. The number of rotatable bonds is 2. The van der Waals surface area contributed by atoms with E-state index in [-0.39, 0.29) is 0 Å². The van der Waals surface area contributed by atoms with E-state index in [1.807, 2.05) is 36.4 Å². The lowest BCUT2D eigenvalue weighted by atomic mass is 10.1. The van der Waals surface area contributed by atoms with Crippen molar-refractivity contribution in [1.29, 1.82) is 5.26 Å². The lowest BCUT2D eigenvalue weighted by molar-refractivity contribution is 0.838. The summed E-state index contributed by atoms with van der Waals surface area (Å²) in [6.45, 7) is 0.698. The van der Waals surface area contributed by atoms with Gasteiger partial charge in [-0.2, -0.15) is 5.26 Å². The topological polar surface area (TPSA) is 35.8 Å². The molecule has 1 heterocycles. The first-order chi connectivity index (χ1) is 7.78. The molecule has 0 aromatic heterocycles. The van der Waals surface area contributed by atoms with Crippen molar-refractivity contribution in [3.8, 4) is 6.07 Å². The smallest absolute Gasteiger partial charge is 0.0991 e. The second-order valence-corrected chi connectivity index (χ2v) is 4.13. The largest absolute Gasteiger partial charge is 0.383 e. The Balaban J connectivity index is 2.07. The minimum absolute atomic E-state index is 0.692. The third kappa shape index (κ3) is 2.65. The molecule has 0 bridgehead atoms. The molecule has 1 aliphatic rings. The molecule has 1 aromatic carbocycles. The van der Waals surface area contributed by atoms with Gasteiger partial charge in [-0.05, 0) is 29.8 Å². The summed E-state index contributed by atoms with van der Waals surface area (Å²) in [7, 11) is 0. The molecule has 80 valence electrons. The summed E-state index contributed by atoms with van der Waals surface area (Å²) in [5.74, 6) is 0. The highest BCUT2D eigenvalue weighted by atomic mass is 35.5. The number of nitrogens with zero attached hydrogens (tertiary/aromatic N) is 1. The number of halogens is 1. The van der Waals surface area contributed by atoms with E-state index < -0.39 is 0 Å². The molecule has 0 fully saturated rings. The molecule has 0 amide bonds. The van der Waals surface area contributed by atoms with Crippen LogP contribution in [0.1, 0.15) is 11.1 Å². The fraction of sp³-hybridized carbons (Fsp3) is 0.154. The van der Waals surface area contributed by atoms with Crippen LogP contribution in [0.2, 0.25) is 0 Å². The molecule has 1 aliphatic heterocycles. The Kier molecular flexibility index (Phi) is 3.28. The predicted octanol–water partition coefficient (Wildman–Crippen LogP) is 2.71. The lowest BCUT2D eigenvalue weighted by Crippen LogP contribution is -2.19. The first-order valence-electron chi connectivity index (χ1n) is 5.06. The number of hydrogen-bond donors (Lipinski definition) is 1. The first kappa shape index (κ1) is 10.8. The molecule has 0 atom stereocenters. The summed E-state index contributed by atoms with van der Waals surface area (Å²) in [6.07, 6.45) is 4.74. The van der Waals surface area contributed by atoms with Gasteiger partial charge in [-0.25, -0.2) is 0 Å². The average molecular weight is 231 g/mol. The highest BCUT2D eigenvalue weighted by molar-refractivity contribution is 6.30. The van der Waals surface area contributed by atoms with E-state index in [2.05, 4.69) is 11.4 Å². The van der Waals surface area contributed by atoms with Crippen LogP contribution in [0.4, 0.5) is 0 Å². The number of benzene rings is 1. The van der Waals surface area contributed by atoms with E-state index in [4.69, 9.17) is 16.9 Å². The van der Waals surface area contributed by atoms with Gasteiger partial charge in [0.1, 0.15) is 0 Å². The maximum atomic E-state index is 8.68. The monoisotopic (exact) mass is 230 g/mol. The molecule has 2 nitrogen and oxygen atoms in total. The molecular weight excluding hydrogens is 220 g/mol. The van der Waals surface area contributed by atoms with Crippen molar-refractivity contribution in [2.75, 3.05) is 6.54 Å². The summed E-state index contributed by atoms with van der Waals surface area (Å²) in [6, 6.07) is 9.72. The normalized spacial score (nSPS) is 14.5. The Morgan fingerprint density at radius 1 is 1.25 bits per heavy atom. The average Bonchev–Trinajstić information content (AvgIpc) is 2.33. The van der Waals surface area contributed by atoms with E-state index >= 15 is 0 Å². The highest BCUT2D eigenvalue weighted by Gasteiger charge is 2.04. The van der Waals surface area contributed by atoms with Crippen LogP contribution in [0, 0.1) is 11.3 Å². The molecular formula is C13H11ClN2. The molecule has 0 aliphatic carbocycles. The van der Waals surface area contributed by atoms with Gasteiger partial charge in [0.05, 0.1) is 18.2 Å². The fourth-order valence-corrected chi connectivity index (χ4v) is 1.68. The van der Waals surface area contributed by atoms with Crippen LogP contribution in [0.3, 0.4) is 0 Å². The summed E-state index contributed by atoms with van der Waals surface area (Å²) < 4.78 is 0. The third-order valence-corrected chi connectivity index (χ3v) is 2.69. The fourth-order valence-electron chi connectivity index (χ4n) is 1.55. The van der Waals surface area contributed by atoms with E-state index in [1.165, 1.54) is 5.56 Å². The minimum Gasteiger partial charge on any atom is -0.383 e. The maximum absolute atomic E-state index is 8.68. The zero-order chi connectivity index (χ0) is 11.4. The van der Waals surface area contributed by atoms with Gasteiger partial charge in [0.2, 0.25) is 0 Å². The summed E-state index contributed by atoms with van der Waals surface area (Å²) in [4.78, 5) is 0. The lowest BCUT2D eigenvalue weighted by Gasteiger charge is -2.14. The molecule has 0 radical (unpaired) electrons. The van der Waals surface area contributed by atoms with Crippen molar-refractivity contribution < 1.29 is 0 Å². The van der Waals surface area contributed by atoms with E-state index in [9.17, 15) is 0 Å². The number of dihydropyridines is 1. The standard InChI is InChI=1S/C13H11ClN2/c14-12-5-6-13(16-9-12)7-10-1-3-11(8-15)4-2-10/h1-6,16H,7,9H2. The van der Waals surface area contributed by atoms with Crippen LogP contribution >= 0.6 is 11.6 Å². The van der Waals surface area contributed by atoms with Crippen LogP contribution in [-0.4, -0.2) is 6.54 Å². The molecule has 0 saturated heterocycles. The van der Waals surface area contributed by atoms with Gasteiger partial charge in [0.25, 0.3) is 0 Å². The van der Waals surface area contributed by atoms with Gasteiger partial charge in [-0.15, -0.1) is 0 Å². The second-order valence-electron chi connectivity index (χ2n) is 3.64. The molecule has 0 spiro atoms. The predicted molar refractivity (Wildman–Crippen MR) is 64.9 cm³/mol. The van der Waals surface area contributed by atoms with Crippen molar-refractivity contribution in [3.63, 3.8) is 0 Å². The molecule has 16 heavy (non-hydrogen) atoms. The van der Waals surface area contributed by atoms with E-state index in [1.54, 1.807) is 0 Å². The molecule has 3 heteroatoms.